The molecule has 1 aliphatic carbocycles. The zero-order chi connectivity index (χ0) is 17.3. The van der Waals surface area contributed by atoms with E-state index in [0.717, 1.165) is 18.5 Å². The molecule has 0 amide bonds. The van der Waals surface area contributed by atoms with Gasteiger partial charge in [-0.15, -0.1) is 0 Å². The highest BCUT2D eigenvalue weighted by Gasteiger charge is 2.30. The van der Waals surface area contributed by atoms with Crippen LogP contribution in [0.25, 0.3) is 0 Å². The number of carbonyl (C=O) groups is 1. The van der Waals surface area contributed by atoms with Gasteiger partial charge < -0.3 is 9.84 Å². The molecule has 0 saturated heterocycles. The molecular weight excluding hydrogens is 334 g/mol. The van der Waals surface area contributed by atoms with Gasteiger partial charge in [0.15, 0.2) is 6.61 Å². The van der Waals surface area contributed by atoms with Crippen LogP contribution < -0.4 is 9.46 Å². The van der Waals surface area contributed by atoms with Crippen LogP contribution in [-0.2, 0) is 21.9 Å². The molecule has 1 fully saturated rings. The number of aliphatic carboxylic acids is 1. The molecule has 3 rings (SSSR count). The van der Waals surface area contributed by atoms with E-state index in [1.807, 2.05) is 0 Å². The molecule has 1 saturated carbocycles. The number of anilines is 1. The number of rotatable bonds is 7. The first kappa shape index (κ1) is 16.3. The smallest absolute Gasteiger partial charge is 0.341 e. The average molecular weight is 351 g/mol. The molecule has 128 valence electrons. The fraction of sp³-hybridized carbons (Fsp3) is 0.333. The number of hydrogen-bond acceptors (Lipinski definition) is 5. The Balaban J connectivity index is 1.77. The highest BCUT2D eigenvalue weighted by Crippen LogP contribution is 2.42. The molecule has 0 spiro atoms. The van der Waals surface area contributed by atoms with Crippen molar-refractivity contribution in [1.29, 1.82) is 0 Å². The van der Waals surface area contributed by atoms with Crippen molar-refractivity contribution in [2.75, 3.05) is 11.3 Å². The van der Waals surface area contributed by atoms with Crippen molar-refractivity contribution in [3.63, 3.8) is 0 Å². The summed E-state index contributed by atoms with van der Waals surface area (Å²) in [5.74, 6) is -0.496. The van der Waals surface area contributed by atoms with E-state index in [2.05, 4.69) is 9.82 Å². The molecule has 2 N–H and O–H groups in total. The Hall–Kier alpha value is -2.55. The summed E-state index contributed by atoms with van der Waals surface area (Å²) in [5, 5.41) is 12.9. The number of carboxylic acids is 1. The van der Waals surface area contributed by atoms with Crippen LogP contribution in [0.1, 0.15) is 24.5 Å². The van der Waals surface area contributed by atoms with Gasteiger partial charge in [-0.25, -0.2) is 13.2 Å². The second kappa shape index (κ2) is 6.16. The van der Waals surface area contributed by atoms with E-state index >= 15 is 0 Å². The zero-order valence-corrected chi connectivity index (χ0v) is 13.8. The molecule has 9 heteroatoms. The van der Waals surface area contributed by atoms with Crippen molar-refractivity contribution in [3.05, 3.63) is 36.2 Å². The lowest BCUT2D eigenvalue weighted by atomic mass is 10.3. The van der Waals surface area contributed by atoms with Crippen molar-refractivity contribution in [1.82, 2.24) is 9.78 Å². The van der Waals surface area contributed by atoms with Crippen LogP contribution >= 0.6 is 0 Å². The lowest BCUT2D eigenvalue weighted by Crippen LogP contribution is -2.14. The Morgan fingerprint density at radius 1 is 1.38 bits per heavy atom. The van der Waals surface area contributed by atoms with E-state index in [-0.39, 0.29) is 10.6 Å². The summed E-state index contributed by atoms with van der Waals surface area (Å²) in [6.45, 7) is -0.481. The van der Waals surface area contributed by atoms with E-state index in [0.29, 0.717) is 11.6 Å². The van der Waals surface area contributed by atoms with E-state index in [1.54, 1.807) is 17.9 Å². The summed E-state index contributed by atoms with van der Waals surface area (Å²) in [4.78, 5) is 10.5. The molecule has 0 unspecified atom stereocenters. The predicted octanol–water partition coefficient (Wildman–Crippen LogP) is 1.56. The minimum atomic E-state index is -3.75. The maximum absolute atomic E-state index is 12.5. The number of nitrogens with zero attached hydrogens (tertiary/aromatic N) is 2. The molecule has 1 heterocycles. The quantitative estimate of drug-likeness (QED) is 0.783. The lowest BCUT2D eigenvalue weighted by Gasteiger charge is -2.09. The molecule has 2 aromatic rings. The molecule has 0 radical (unpaired) electrons. The van der Waals surface area contributed by atoms with E-state index in [1.165, 1.54) is 24.3 Å². The first-order valence-electron chi connectivity index (χ1n) is 7.36. The van der Waals surface area contributed by atoms with Crippen molar-refractivity contribution in [3.8, 4) is 5.75 Å². The second-order valence-electron chi connectivity index (χ2n) is 5.64. The Kier molecular flexibility index (Phi) is 4.18. The fourth-order valence-electron chi connectivity index (χ4n) is 2.31. The first-order chi connectivity index (χ1) is 11.3. The van der Waals surface area contributed by atoms with Gasteiger partial charge in [0.2, 0.25) is 0 Å². The third-order valence-electron chi connectivity index (χ3n) is 3.56. The number of aromatic nitrogens is 2. The molecule has 1 aliphatic rings. The summed E-state index contributed by atoms with van der Waals surface area (Å²) in [7, 11) is -2.00. The third kappa shape index (κ3) is 3.67. The van der Waals surface area contributed by atoms with Gasteiger partial charge in [0.25, 0.3) is 10.0 Å². The standard InChI is InChI=1S/C15H17N3O5S/c1-18-8-13(15(16-18)10-2-3-10)17-24(21,22)12-6-4-11(5-7-12)23-9-14(19)20/h4-8,10,17H,2-3,9H2,1H3,(H,19,20). The molecule has 0 aliphatic heterocycles. The summed E-state index contributed by atoms with van der Waals surface area (Å²) in [6, 6.07) is 5.57. The largest absolute Gasteiger partial charge is 0.482 e. The lowest BCUT2D eigenvalue weighted by molar-refractivity contribution is -0.139. The summed E-state index contributed by atoms with van der Waals surface area (Å²) < 4.78 is 34.1. The monoisotopic (exact) mass is 351 g/mol. The minimum Gasteiger partial charge on any atom is -0.482 e. The van der Waals surface area contributed by atoms with Gasteiger partial charge in [0, 0.05) is 19.2 Å². The van der Waals surface area contributed by atoms with E-state index < -0.39 is 22.6 Å². The zero-order valence-electron chi connectivity index (χ0n) is 13.0. The Morgan fingerprint density at radius 3 is 2.62 bits per heavy atom. The van der Waals surface area contributed by atoms with Gasteiger partial charge in [-0.3, -0.25) is 9.40 Å². The number of sulfonamides is 1. The number of carboxylic acid groups (broad SMARTS) is 1. The van der Waals surface area contributed by atoms with Gasteiger partial charge in [0.1, 0.15) is 5.75 Å². The van der Waals surface area contributed by atoms with Crippen LogP contribution in [0.15, 0.2) is 35.4 Å². The molecule has 1 aromatic heterocycles. The molecule has 8 nitrogen and oxygen atoms in total. The Labute approximate surface area is 139 Å². The van der Waals surface area contributed by atoms with Crippen LogP contribution in [0.4, 0.5) is 5.69 Å². The number of hydrogen-bond donors (Lipinski definition) is 2. The van der Waals surface area contributed by atoms with Crippen molar-refractivity contribution < 1.29 is 23.1 Å². The number of ether oxygens (including phenoxy) is 1. The number of benzene rings is 1. The molecule has 0 atom stereocenters. The second-order valence-corrected chi connectivity index (χ2v) is 7.32. The van der Waals surface area contributed by atoms with Gasteiger partial charge in [-0.05, 0) is 37.1 Å². The van der Waals surface area contributed by atoms with Crippen molar-refractivity contribution in [2.24, 2.45) is 7.05 Å². The molecule has 0 bridgehead atoms. The number of aryl methyl sites for hydroxylation is 1. The van der Waals surface area contributed by atoms with Crippen molar-refractivity contribution >= 4 is 21.7 Å². The average Bonchev–Trinajstić information content (AvgIpc) is 3.29. The maximum Gasteiger partial charge on any atom is 0.341 e. The van der Waals surface area contributed by atoms with Crippen LogP contribution in [0.2, 0.25) is 0 Å². The minimum absolute atomic E-state index is 0.0655. The third-order valence-corrected chi connectivity index (χ3v) is 4.94. The topological polar surface area (TPSA) is 111 Å². The van der Waals surface area contributed by atoms with E-state index in [9.17, 15) is 13.2 Å². The Bertz CT molecular complexity index is 854. The van der Waals surface area contributed by atoms with Crippen LogP contribution in [0.3, 0.4) is 0 Å². The maximum atomic E-state index is 12.5. The first-order valence-corrected chi connectivity index (χ1v) is 8.84. The Morgan fingerprint density at radius 2 is 2.04 bits per heavy atom. The van der Waals surface area contributed by atoms with Crippen molar-refractivity contribution in [2.45, 2.75) is 23.7 Å². The molecule has 24 heavy (non-hydrogen) atoms. The van der Waals surface area contributed by atoms with E-state index in [4.69, 9.17) is 9.84 Å². The highest BCUT2D eigenvalue weighted by atomic mass is 32.2. The molecule has 1 aromatic carbocycles. The molecular formula is C15H17N3O5S. The number of nitrogens with one attached hydrogen (secondary N) is 1. The van der Waals surface area contributed by atoms with Gasteiger partial charge in [-0.1, -0.05) is 0 Å². The van der Waals surface area contributed by atoms with Gasteiger partial charge in [-0.2, -0.15) is 5.10 Å². The predicted molar refractivity (Wildman–Crippen MR) is 85.6 cm³/mol. The summed E-state index contributed by atoms with van der Waals surface area (Å²) in [6.07, 6.45) is 3.68. The fourth-order valence-corrected chi connectivity index (χ4v) is 3.37. The van der Waals surface area contributed by atoms with Crippen LogP contribution in [0.5, 0.6) is 5.75 Å². The SMILES string of the molecule is Cn1cc(NS(=O)(=O)c2ccc(OCC(=O)O)cc2)c(C2CC2)n1. The van der Waals surface area contributed by atoms with Crippen LogP contribution in [-0.4, -0.2) is 35.9 Å². The summed E-state index contributed by atoms with van der Waals surface area (Å²) >= 11 is 0. The van der Waals surface area contributed by atoms with Crippen LogP contribution in [0, 0.1) is 0 Å². The van der Waals surface area contributed by atoms with Gasteiger partial charge >= 0.3 is 5.97 Å². The van der Waals surface area contributed by atoms with Gasteiger partial charge in [0.05, 0.1) is 16.3 Å². The summed E-state index contributed by atoms with van der Waals surface area (Å²) in [5.41, 5.74) is 1.26. The normalized spacial score (nSPS) is 14.4. The highest BCUT2D eigenvalue weighted by molar-refractivity contribution is 7.92.